The quantitative estimate of drug-likeness (QED) is 0.363. The lowest BCUT2D eigenvalue weighted by atomic mass is 9.72. The lowest BCUT2D eigenvalue weighted by Gasteiger charge is -2.44. The molecule has 0 spiro atoms. The molecule has 0 atom stereocenters. The molecule has 3 rings (SSSR count). The van der Waals surface area contributed by atoms with Gasteiger partial charge in [0.05, 0.1) is 13.0 Å². The van der Waals surface area contributed by atoms with Crippen molar-refractivity contribution in [2.75, 3.05) is 19.7 Å². The first-order chi connectivity index (χ1) is 16.8. The Balaban J connectivity index is 2.07. The largest absolute Gasteiger partial charge is 0.466 e. The first kappa shape index (κ1) is 25.8. The summed E-state index contributed by atoms with van der Waals surface area (Å²) in [4.78, 5) is 66.8. The second-order valence-electron chi connectivity index (χ2n) is 8.61. The van der Waals surface area contributed by atoms with E-state index in [1.54, 1.807) is 6.92 Å². The van der Waals surface area contributed by atoms with Gasteiger partial charge in [0.1, 0.15) is 11.2 Å². The fourth-order valence-corrected chi connectivity index (χ4v) is 4.28. The molecular weight excluding hydrogens is 448 g/mol. The van der Waals surface area contributed by atoms with E-state index < -0.39 is 29.2 Å². The maximum atomic E-state index is 14.0. The van der Waals surface area contributed by atoms with Gasteiger partial charge in [0.15, 0.2) is 0 Å². The third-order valence-electron chi connectivity index (χ3n) is 6.00. The lowest BCUT2D eigenvalue weighted by molar-refractivity contribution is -0.159. The summed E-state index contributed by atoms with van der Waals surface area (Å²) in [6.07, 6.45) is -0.0722. The molecule has 0 saturated carbocycles. The van der Waals surface area contributed by atoms with E-state index in [0.717, 1.165) is 20.9 Å². The molecular formula is C27H30N2O6. The number of Topliss-reactive ketones (excluding diaryl/α,β-unsaturated/α-hetero) is 1. The fraction of sp³-hybridized carbons (Fsp3) is 0.370. The van der Waals surface area contributed by atoms with E-state index in [1.807, 2.05) is 60.7 Å². The number of barbiturate groups is 1. The molecule has 2 aromatic carbocycles. The Morgan fingerprint density at radius 3 is 1.66 bits per heavy atom. The summed E-state index contributed by atoms with van der Waals surface area (Å²) >= 11 is 0. The molecule has 8 heteroatoms. The fourth-order valence-electron chi connectivity index (χ4n) is 4.28. The molecule has 1 saturated heterocycles. The molecule has 0 aromatic heterocycles. The van der Waals surface area contributed by atoms with Gasteiger partial charge in [-0.25, -0.2) is 4.79 Å². The van der Waals surface area contributed by atoms with Crippen molar-refractivity contribution in [1.82, 2.24) is 9.80 Å². The average Bonchev–Trinajstić information content (AvgIpc) is 2.84. The van der Waals surface area contributed by atoms with Crippen LogP contribution >= 0.6 is 0 Å². The number of ketones is 1. The van der Waals surface area contributed by atoms with Crippen LogP contribution in [0, 0.1) is 5.41 Å². The molecule has 0 unspecified atom stereocenters. The molecule has 4 amide bonds. The number of amides is 4. The zero-order chi connectivity index (χ0) is 25.4. The zero-order valence-corrected chi connectivity index (χ0v) is 20.1. The summed E-state index contributed by atoms with van der Waals surface area (Å²) in [5, 5.41) is 0. The zero-order valence-electron chi connectivity index (χ0n) is 20.1. The van der Waals surface area contributed by atoms with Crippen LogP contribution in [0.25, 0.3) is 0 Å². The number of benzene rings is 2. The minimum Gasteiger partial charge on any atom is -0.466 e. The first-order valence-electron chi connectivity index (χ1n) is 11.7. The summed E-state index contributed by atoms with van der Waals surface area (Å²) in [5.74, 6) is -2.01. The number of esters is 1. The second-order valence-corrected chi connectivity index (χ2v) is 8.61. The molecule has 0 radical (unpaired) electrons. The van der Waals surface area contributed by atoms with Gasteiger partial charge in [-0.15, -0.1) is 0 Å². The van der Waals surface area contributed by atoms with E-state index in [2.05, 4.69) is 0 Å². The molecule has 0 aliphatic carbocycles. The summed E-state index contributed by atoms with van der Waals surface area (Å²) in [6.45, 7) is 2.87. The number of hydrogen-bond donors (Lipinski definition) is 0. The highest BCUT2D eigenvalue weighted by Gasteiger charge is 2.57. The van der Waals surface area contributed by atoms with Gasteiger partial charge in [-0.05, 0) is 37.8 Å². The van der Waals surface area contributed by atoms with Crippen LogP contribution in [0.3, 0.4) is 0 Å². The van der Waals surface area contributed by atoms with Gasteiger partial charge in [0, 0.05) is 19.5 Å². The van der Waals surface area contributed by atoms with Crippen LogP contribution in [0.2, 0.25) is 0 Å². The molecule has 35 heavy (non-hydrogen) atoms. The number of carbonyl (C=O) groups excluding carboxylic acids is 5. The van der Waals surface area contributed by atoms with Crippen LogP contribution in [-0.4, -0.2) is 59.1 Å². The highest BCUT2D eigenvalue weighted by Crippen LogP contribution is 2.37. The maximum absolute atomic E-state index is 14.0. The number of urea groups is 1. The molecule has 1 aliphatic rings. The monoisotopic (exact) mass is 478 g/mol. The van der Waals surface area contributed by atoms with Crippen LogP contribution in [0.5, 0.6) is 0 Å². The standard InChI is InChI=1S/C27H30N2O6/c1-3-35-23(31)15-17-29-25(33)27(18-21-10-6-4-7-11-21,19-22-12-8-5-9-13-22)24(32)28(26(29)34)16-14-20(2)30/h4-13H,3,14-19H2,1-2H3. The van der Waals surface area contributed by atoms with E-state index in [1.165, 1.54) is 6.92 Å². The van der Waals surface area contributed by atoms with Gasteiger partial charge in [-0.1, -0.05) is 60.7 Å². The minimum absolute atomic E-state index is 0.0237. The number of ether oxygens (including phenoxy) is 1. The van der Waals surface area contributed by atoms with Crippen LogP contribution in [0.4, 0.5) is 4.79 Å². The van der Waals surface area contributed by atoms with Gasteiger partial charge in [0.25, 0.3) is 0 Å². The Labute approximate surface area is 204 Å². The second kappa shape index (κ2) is 11.6. The highest BCUT2D eigenvalue weighted by molar-refractivity contribution is 6.19. The normalized spacial score (nSPS) is 15.3. The Morgan fingerprint density at radius 2 is 1.23 bits per heavy atom. The van der Waals surface area contributed by atoms with E-state index in [0.29, 0.717) is 0 Å². The van der Waals surface area contributed by atoms with Gasteiger partial charge >= 0.3 is 12.0 Å². The minimum atomic E-state index is -1.61. The summed E-state index contributed by atoms with van der Waals surface area (Å²) in [7, 11) is 0. The summed E-state index contributed by atoms with van der Waals surface area (Å²) < 4.78 is 4.96. The molecule has 1 heterocycles. The Kier molecular flexibility index (Phi) is 8.52. The van der Waals surface area contributed by atoms with Crippen molar-refractivity contribution in [2.24, 2.45) is 5.41 Å². The topological polar surface area (TPSA) is 101 Å². The lowest BCUT2D eigenvalue weighted by Crippen LogP contribution is -2.67. The average molecular weight is 479 g/mol. The van der Waals surface area contributed by atoms with E-state index >= 15 is 0 Å². The van der Waals surface area contributed by atoms with Crippen LogP contribution in [0.1, 0.15) is 37.8 Å². The van der Waals surface area contributed by atoms with Crippen LogP contribution < -0.4 is 0 Å². The smallest absolute Gasteiger partial charge is 0.333 e. The highest BCUT2D eigenvalue weighted by atomic mass is 16.5. The van der Waals surface area contributed by atoms with Crippen LogP contribution in [0.15, 0.2) is 60.7 Å². The number of hydrogen-bond acceptors (Lipinski definition) is 6. The SMILES string of the molecule is CCOC(=O)CCN1C(=O)N(CCC(C)=O)C(=O)C(Cc2ccccc2)(Cc2ccccc2)C1=O. The van der Waals surface area contributed by atoms with Gasteiger partial charge in [0.2, 0.25) is 11.8 Å². The maximum Gasteiger partial charge on any atom is 0.333 e. The van der Waals surface area contributed by atoms with Crippen molar-refractivity contribution < 1.29 is 28.7 Å². The predicted molar refractivity (Wildman–Crippen MR) is 128 cm³/mol. The van der Waals surface area contributed by atoms with Crippen molar-refractivity contribution in [2.45, 2.75) is 39.5 Å². The molecule has 0 bridgehead atoms. The molecule has 1 fully saturated rings. The molecule has 8 nitrogen and oxygen atoms in total. The van der Waals surface area contributed by atoms with Gasteiger partial charge < -0.3 is 4.74 Å². The van der Waals surface area contributed by atoms with E-state index in [9.17, 15) is 24.0 Å². The van der Waals surface area contributed by atoms with Crippen molar-refractivity contribution in [3.8, 4) is 0 Å². The molecule has 184 valence electrons. The summed E-state index contributed by atoms with van der Waals surface area (Å²) in [6, 6.07) is 17.4. The van der Waals surface area contributed by atoms with Crippen molar-refractivity contribution >= 4 is 29.6 Å². The third kappa shape index (κ3) is 6.01. The third-order valence-corrected chi connectivity index (χ3v) is 6.00. The molecule has 1 aliphatic heterocycles. The molecule has 0 N–H and O–H groups in total. The van der Waals surface area contributed by atoms with Crippen molar-refractivity contribution in [1.29, 1.82) is 0 Å². The van der Waals surface area contributed by atoms with E-state index in [-0.39, 0.29) is 51.2 Å². The predicted octanol–water partition coefficient (Wildman–Crippen LogP) is 3.18. The summed E-state index contributed by atoms with van der Waals surface area (Å²) in [5.41, 5.74) is -0.0881. The van der Waals surface area contributed by atoms with Crippen molar-refractivity contribution in [3.05, 3.63) is 71.8 Å². The van der Waals surface area contributed by atoms with Gasteiger partial charge in [-0.3, -0.25) is 29.0 Å². The number of carbonyl (C=O) groups is 5. The van der Waals surface area contributed by atoms with E-state index in [4.69, 9.17) is 4.74 Å². The first-order valence-corrected chi connectivity index (χ1v) is 11.7. The van der Waals surface area contributed by atoms with Gasteiger partial charge in [-0.2, -0.15) is 0 Å². The number of imide groups is 2. The van der Waals surface area contributed by atoms with Crippen LogP contribution in [-0.2, 0) is 36.8 Å². The Bertz CT molecular complexity index is 1040. The Hall–Kier alpha value is -3.81. The number of rotatable bonds is 11. The van der Waals surface area contributed by atoms with Crippen molar-refractivity contribution in [3.63, 3.8) is 0 Å². The Morgan fingerprint density at radius 1 is 0.771 bits per heavy atom. The molecule has 2 aromatic rings. The number of nitrogens with zero attached hydrogens (tertiary/aromatic N) is 2.